The van der Waals surface area contributed by atoms with Gasteiger partial charge in [-0.3, -0.25) is 4.79 Å². The zero-order valence-electron chi connectivity index (χ0n) is 13.8. The summed E-state index contributed by atoms with van der Waals surface area (Å²) in [6, 6.07) is 5.67. The Bertz CT molecular complexity index is 587. The fourth-order valence-electron chi connectivity index (χ4n) is 2.47. The zero-order chi connectivity index (χ0) is 16.1. The standard InChI is InChI=1S/C17H25N3O2/c1-5-8-16(20-9-6-7-10-20)17(21)19(4)12-14-11-15(13(2)3)18-22-14/h6-7,9-11,13,16H,5,8,12H2,1-4H3/t16-/m0/s1. The predicted octanol–water partition coefficient (Wildman–Crippen LogP) is 3.60. The molecule has 0 aliphatic heterocycles. The minimum Gasteiger partial charge on any atom is -0.359 e. The fraction of sp³-hybridized carbons (Fsp3) is 0.529. The van der Waals surface area contributed by atoms with Gasteiger partial charge in [-0.2, -0.15) is 0 Å². The smallest absolute Gasteiger partial charge is 0.245 e. The van der Waals surface area contributed by atoms with Gasteiger partial charge in [0.05, 0.1) is 12.2 Å². The lowest BCUT2D eigenvalue weighted by Gasteiger charge is -2.24. The highest BCUT2D eigenvalue weighted by Crippen LogP contribution is 2.19. The van der Waals surface area contributed by atoms with Gasteiger partial charge in [0.1, 0.15) is 6.04 Å². The van der Waals surface area contributed by atoms with E-state index in [0.29, 0.717) is 12.5 Å². The molecule has 22 heavy (non-hydrogen) atoms. The molecule has 0 spiro atoms. The summed E-state index contributed by atoms with van der Waals surface area (Å²) in [7, 11) is 1.81. The van der Waals surface area contributed by atoms with Crippen molar-refractivity contribution in [2.24, 2.45) is 0 Å². The molecule has 2 aromatic heterocycles. The van der Waals surface area contributed by atoms with Crippen molar-refractivity contribution >= 4 is 5.91 Å². The van der Waals surface area contributed by atoms with E-state index in [2.05, 4.69) is 25.9 Å². The highest BCUT2D eigenvalue weighted by atomic mass is 16.5. The number of rotatable bonds is 7. The summed E-state index contributed by atoms with van der Waals surface area (Å²) in [6.45, 7) is 6.68. The molecule has 120 valence electrons. The van der Waals surface area contributed by atoms with E-state index in [1.807, 2.05) is 42.2 Å². The molecular formula is C17H25N3O2. The fourth-order valence-corrected chi connectivity index (χ4v) is 2.47. The van der Waals surface area contributed by atoms with Gasteiger partial charge < -0.3 is 14.0 Å². The zero-order valence-corrected chi connectivity index (χ0v) is 13.8. The van der Waals surface area contributed by atoms with Crippen LogP contribution in [0, 0.1) is 0 Å². The third kappa shape index (κ3) is 3.78. The maximum Gasteiger partial charge on any atom is 0.245 e. The number of likely N-dealkylation sites (N-methyl/N-ethyl adjacent to an activating group) is 1. The first-order chi connectivity index (χ1) is 10.5. The van der Waals surface area contributed by atoms with Crippen LogP contribution in [0.25, 0.3) is 0 Å². The number of hydrogen-bond donors (Lipinski definition) is 0. The minimum atomic E-state index is -0.155. The largest absolute Gasteiger partial charge is 0.359 e. The Labute approximate surface area is 131 Å². The minimum absolute atomic E-state index is 0.0977. The molecule has 0 unspecified atom stereocenters. The van der Waals surface area contributed by atoms with Gasteiger partial charge >= 0.3 is 0 Å². The van der Waals surface area contributed by atoms with Crippen LogP contribution in [0.15, 0.2) is 35.1 Å². The van der Waals surface area contributed by atoms with Gasteiger partial charge in [-0.05, 0) is 24.5 Å². The van der Waals surface area contributed by atoms with E-state index in [4.69, 9.17) is 4.52 Å². The molecule has 5 heteroatoms. The normalized spacial score (nSPS) is 12.6. The Hall–Kier alpha value is -2.04. The van der Waals surface area contributed by atoms with Crippen molar-refractivity contribution in [3.8, 4) is 0 Å². The van der Waals surface area contributed by atoms with Crippen LogP contribution >= 0.6 is 0 Å². The Kier molecular flexibility index (Phi) is 5.41. The van der Waals surface area contributed by atoms with E-state index < -0.39 is 0 Å². The SMILES string of the molecule is CCC[C@@H](C(=O)N(C)Cc1cc(C(C)C)no1)n1cccc1. The molecule has 2 rings (SSSR count). The van der Waals surface area contributed by atoms with Crippen molar-refractivity contribution in [1.29, 1.82) is 0 Å². The van der Waals surface area contributed by atoms with Crippen LogP contribution in [0.4, 0.5) is 0 Å². The predicted molar refractivity (Wildman–Crippen MR) is 85.4 cm³/mol. The van der Waals surface area contributed by atoms with Crippen molar-refractivity contribution in [3.63, 3.8) is 0 Å². The molecule has 2 heterocycles. The van der Waals surface area contributed by atoms with E-state index in [1.165, 1.54) is 0 Å². The first-order valence-electron chi connectivity index (χ1n) is 7.85. The van der Waals surface area contributed by atoms with Crippen molar-refractivity contribution in [2.45, 2.75) is 52.1 Å². The van der Waals surface area contributed by atoms with Crippen molar-refractivity contribution in [1.82, 2.24) is 14.6 Å². The average Bonchev–Trinajstić information content (AvgIpc) is 3.15. The molecular weight excluding hydrogens is 278 g/mol. The van der Waals surface area contributed by atoms with Crippen LogP contribution in [-0.2, 0) is 11.3 Å². The van der Waals surface area contributed by atoms with E-state index >= 15 is 0 Å². The molecule has 1 amide bonds. The molecule has 0 N–H and O–H groups in total. The second kappa shape index (κ2) is 7.29. The van der Waals surface area contributed by atoms with Crippen LogP contribution in [0.1, 0.15) is 57.0 Å². The summed E-state index contributed by atoms with van der Waals surface area (Å²) >= 11 is 0. The summed E-state index contributed by atoms with van der Waals surface area (Å²) in [5, 5.41) is 4.04. The quantitative estimate of drug-likeness (QED) is 0.785. The highest BCUT2D eigenvalue weighted by Gasteiger charge is 2.23. The maximum absolute atomic E-state index is 12.7. The number of amides is 1. The van der Waals surface area contributed by atoms with Crippen LogP contribution < -0.4 is 0 Å². The Balaban J connectivity index is 2.06. The van der Waals surface area contributed by atoms with E-state index in [0.717, 1.165) is 24.3 Å². The Morgan fingerprint density at radius 2 is 2.05 bits per heavy atom. The lowest BCUT2D eigenvalue weighted by molar-refractivity contribution is -0.134. The third-order valence-electron chi connectivity index (χ3n) is 3.77. The maximum atomic E-state index is 12.7. The summed E-state index contributed by atoms with van der Waals surface area (Å²) in [5.41, 5.74) is 0.923. The van der Waals surface area contributed by atoms with Crippen LogP contribution in [0.5, 0.6) is 0 Å². The van der Waals surface area contributed by atoms with Gasteiger partial charge in [-0.25, -0.2) is 0 Å². The topological polar surface area (TPSA) is 51.3 Å². The van der Waals surface area contributed by atoms with Crippen LogP contribution in [0.3, 0.4) is 0 Å². The number of hydrogen-bond acceptors (Lipinski definition) is 3. The lowest BCUT2D eigenvalue weighted by Crippen LogP contribution is -2.33. The van der Waals surface area contributed by atoms with E-state index in [-0.39, 0.29) is 11.9 Å². The van der Waals surface area contributed by atoms with Gasteiger partial charge in [-0.1, -0.05) is 32.3 Å². The van der Waals surface area contributed by atoms with E-state index in [1.54, 1.807) is 4.90 Å². The number of nitrogens with zero attached hydrogens (tertiary/aromatic N) is 3. The summed E-state index contributed by atoms with van der Waals surface area (Å²) < 4.78 is 7.30. The lowest BCUT2D eigenvalue weighted by atomic mass is 10.1. The van der Waals surface area contributed by atoms with Crippen molar-refractivity contribution in [2.75, 3.05) is 7.05 Å². The monoisotopic (exact) mass is 303 g/mol. The first-order valence-corrected chi connectivity index (χ1v) is 7.85. The first kappa shape index (κ1) is 16.3. The molecule has 0 aliphatic rings. The molecule has 0 radical (unpaired) electrons. The molecule has 0 saturated heterocycles. The number of aromatic nitrogens is 2. The molecule has 0 aliphatic carbocycles. The van der Waals surface area contributed by atoms with Gasteiger partial charge in [0.15, 0.2) is 5.76 Å². The second-order valence-corrected chi connectivity index (χ2v) is 6.00. The van der Waals surface area contributed by atoms with Gasteiger partial charge in [0.25, 0.3) is 0 Å². The molecule has 0 saturated carbocycles. The molecule has 0 aromatic carbocycles. The second-order valence-electron chi connectivity index (χ2n) is 6.00. The van der Waals surface area contributed by atoms with E-state index in [9.17, 15) is 4.79 Å². The summed E-state index contributed by atoms with van der Waals surface area (Å²) in [6.07, 6.45) is 5.67. The van der Waals surface area contributed by atoms with Crippen LogP contribution in [-0.4, -0.2) is 27.6 Å². The molecule has 0 fully saturated rings. The van der Waals surface area contributed by atoms with Gasteiger partial charge in [0, 0.05) is 25.5 Å². The summed E-state index contributed by atoms with van der Waals surface area (Å²) in [5.74, 6) is 1.15. The molecule has 5 nitrogen and oxygen atoms in total. The average molecular weight is 303 g/mol. The van der Waals surface area contributed by atoms with Gasteiger partial charge in [-0.15, -0.1) is 0 Å². The van der Waals surface area contributed by atoms with Crippen molar-refractivity contribution < 1.29 is 9.32 Å². The molecule has 0 bridgehead atoms. The Morgan fingerprint density at radius 3 is 2.59 bits per heavy atom. The van der Waals surface area contributed by atoms with Crippen LogP contribution in [0.2, 0.25) is 0 Å². The molecule has 1 atom stereocenters. The number of carbonyl (C=O) groups is 1. The van der Waals surface area contributed by atoms with Crippen molar-refractivity contribution in [3.05, 3.63) is 42.0 Å². The third-order valence-corrected chi connectivity index (χ3v) is 3.77. The van der Waals surface area contributed by atoms with Gasteiger partial charge in [0.2, 0.25) is 5.91 Å². The Morgan fingerprint density at radius 1 is 1.36 bits per heavy atom. The number of carbonyl (C=O) groups excluding carboxylic acids is 1. The summed E-state index contributed by atoms with van der Waals surface area (Å²) in [4.78, 5) is 14.4. The highest BCUT2D eigenvalue weighted by molar-refractivity contribution is 5.80. The molecule has 2 aromatic rings.